The molecule has 5 heteroatoms. The molecule has 4 aromatic heterocycles. The first-order valence-electron chi connectivity index (χ1n) is 11.5. The summed E-state index contributed by atoms with van der Waals surface area (Å²) in [6.07, 6.45) is 10.6. The fourth-order valence-electron chi connectivity index (χ4n) is 4.03. The zero-order valence-corrected chi connectivity index (χ0v) is 19.5. The van der Waals surface area contributed by atoms with Crippen molar-refractivity contribution in [3.63, 3.8) is 0 Å². The first-order valence-corrected chi connectivity index (χ1v) is 11.5. The van der Waals surface area contributed by atoms with Crippen molar-refractivity contribution in [2.24, 2.45) is 0 Å². The van der Waals surface area contributed by atoms with Gasteiger partial charge >= 0.3 is 0 Å². The van der Waals surface area contributed by atoms with Gasteiger partial charge < -0.3 is 10.3 Å². The van der Waals surface area contributed by atoms with Crippen LogP contribution in [0.5, 0.6) is 0 Å². The van der Waals surface area contributed by atoms with Gasteiger partial charge in [-0.25, -0.2) is 9.50 Å². The molecular weight excluding hydrogens is 382 g/mol. The summed E-state index contributed by atoms with van der Waals surface area (Å²) in [4.78, 5) is 7.89. The van der Waals surface area contributed by atoms with Gasteiger partial charge in [-0.15, -0.1) is 0 Å². The van der Waals surface area contributed by atoms with Gasteiger partial charge in [-0.2, -0.15) is 5.10 Å². The number of hydrogen-bond donors (Lipinski definition) is 2. The van der Waals surface area contributed by atoms with Gasteiger partial charge in [-0.05, 0) is 49.6 Å². The lowest BCUT2D eigenvalue weighted by Gasteiger charge is -2.20. The Morgan fingerprint density at radius 1 is 1.16 bits per heavy atom. The molecule has 31 heavy (non-hydrogen) atoms. The molecule has 0 fully saturated rings. The van der Waals surface area contributed by atoms with Crippen LogP contribution in [0.15, 0.2) is 49.4 Å². The molecular formula is C26H35N5. The molecule has 0 saturated carbocycles. The van der Waals surface area contributed by atoms with Gasteiger partial charge in [0.15, 0.2) is 0 Å². The Morgan fingerprint density at radius 3 is 2.61 bits per heavy atom. The van der Waals surface area contributed by atoms with E-state index in [9.17, 15) is 0 Å². The molecule has 4 heterocycles. The van der Waals surface area contributed by atoms with Crippen LogP contribution >= 0.6 is 0 Å². The predicted octanol–water partition coefficient (Wildman–Crippen LogP) is 6.74. The fourth-order valence-corrected chi connectivity index (χ4v) is 4.03. The summed E-state index contributed by atoms with van der Waals surface area (Å²) >= 11 is 0. The summed E-state index contributed by atoms with van der Waals surface area (Å²) < 4.78 is 1.91. The average molecular weight is 418 g/mol. The first kappa shape index (κ1) is 22.6. The largest absolute Gasteiger partial charge is 0.382 e. The molecule has 0 spiro atoms. The highest BCUT2D eigenvalue weighted by molar-refractivity contribution is 5.94. The van der Waals surface area contributed by atoms with Crippen LogP contribution in [-0.2, 0) is 0 Å². The van der Waals surface area contributed by atoms with Crippen molar-refractivity contribution in [2.45, 2.75) is 66.3 Å². The van der Waals surface area contributed by atoms with Gasteiger partial charge in [0.2, 0.25) is 0 Å². The maximum atomic E-state index is 4.59. The average Bonchev–Trinajstić information content (AvgIpc) is 3.38. The molecule has 0 atom stereocenters. The molecule has 0 aliphatic heterocycles. The van der Waals surface area contributed by atoms with Crippen molar-refractivity contribution in [1.29, 1.82) is 0 Å². The Bertz CT molecular complexity index is 1150. The van der Waals surface area contributed by atoms with Crippen molar-refractivity contribution >= 4 is 22.2 Å². The van der Waals surface area contributed by atoms with E-state index >= 15 is 0 Å². The molecule has 164 valence electrons. The van der Waals surface area contributed by atoms with Crippen LogP contribution in [0.4, 0.5) is 0 Å². The van der Waals surface area contributed by atoms with Crippen molar-refractivity contribution in [1.82, 2.24) is 24.9 Å². The highest BCUT2D eigenvalue weighted by Crippen LogP contribution is 2.30. The Hall–Kier alpha value is -3.08. The molecule has 2 N–H and O–H groups in total. The highest BCUT2D eigenvalue weighted by Gasteiger charge is 2.14. The minimum absolute atomic E-state index is 0.457. The van der Waals surface area contributed by atoms with Crippen LogP contribution in [0.3, 0.4) is 0 Å². The van der Waals surface area contributed by atoms with Crippen LogP contribution < -0.4 is 5.32 Å². The summed E-state index contributed by atoms with van der Waals surface area (Å²) in [6, 6.07) is 8.92. The molecule has 0 aliphatic rings. The van der Waals surface area contributed by atoms with E-state index in [0.29, 0.717) is 6.04 Å². The number of H-pyrrole nitrogens is 1. The fraction of sp³-hybridized carbons (Fsp3) is 0.385. The Balaban J connectivity index is 0.00000132. The Labute approximate surface area is 185 Å². The van der Waals surface area contributed by atoms with Crippen molar-refractivity contribution in [2.75, 3.05) is 0 Å². The second kappa shape index (κ2) is 10.3. The van der Waals surface area contributed by atoms with E-state index in [2.05, 4.69) is 65.1 Å². The second-order valence-corrected chi connectivity index (χ2v) is 7.75. The first-order chi connectivity index (χ1) is 15.1. The number of aromatic nitrogens is 4. The summed E-state index contributed by atoms with van der Waals surface area (Å²) in [5.41, 5.74) is 7.27. The molecule has 0 bridgehead atoms. The monoisotopic (exact) mass is 417 g/mol. The number of hydrogen-bond acceptors (Lipinski definition) is 3. The predicted molar refractivity (Wildman–Crippen MR) is 132 cm³/mol. The number of aryl methyl sites for hydroxylation is 1. The topological polar surface area (TPSA) is 58.0 Å². The number of pyridine rings is 2. The van der Waals surface area contributed by atoms with Gasteiger partial charge in [0.25, 0.3) is 0 Å². The molecule has 0 amide bonds. The maximum Gasteiger partial charge on any atom is 0.138 e. The van der Waals surface area contributed by atoms with Crippen molar-refractivity contribution in [3.05, 3.63) is 60.7 Å². The number of fused-ring (bicyclic) bond motifs is 2. The molecule has 4 aromatic rings. The smallest absolute Gasteiger partial charge is 0.138 e. The highest BCUT2D eigenvalue weighted by atomic mass is 15.2. The molecule has 0 aliphatic carbocycles. The lowest BCUT2D eigenvalue weighted by atomic mass is 10.0. The Kier molecular flexibility index (Phi) is 7.50. The summed E-state index contributed by atoms with van der Waals surface area (Å²) in [5, 5.41) is 9.30. The van der Waals surface area contributed by atoms with Crippen molar-refractivity contribution < 1.29 is 0 Å². The summed E-state index contributed by atoms with van der Waals surface area (Å²) in [5.74, 6) is 0. The van der Waals surface area contributed by atoms with E-state index in [0.717, 1.165) is 70.3 Å². The lowest BCUT2D eigenvalue weighted by Crippen LogP contribution is -2.27. The zero-order chi connectivity index (χ0) is 22.4. The zero-order valence-electron chi connectivity index (χ0n) is 19.5. The van der Waals surface area contributed by atoms with E-state index in [-0.39, 0.29) is 0 Å². The van der Waals surface area contributed by atoms with Gasteiger partial charge in [0, 0.05) is 46.3 Å². The standard InChI is InChI=1S/C24H29N5.C2H6/c1-5-7-19(8-6-2)28-17(4)21-15-26-29-12-11-18(13-23(21)29)22-14-25-24-20(22)10-9-16(3)27-24;1-2/h9-15,19,28H,4-8H2,1-3H3,(H,25,27);1-2H3. The van der Waals surface area contributed by atoms with Gasteiger partial charge in [-0.1, -0.05) is 47.1 Å². The molecule has 0 aromatic carbocycles. The van der Waals surface area contributed by atoms with Crippen LogP contribution in [-0.4, -0.2) is 25.6 Å². The number of rotatable bonds is 8. The minimum atomic E-state index is 0.457. The Morgan fingerprint density at radius 2 is 1.90 bits per heavy atom. The molecule has 0 radical (unpaired) electrons. The van der Waals surface area contributed by atoms with Gasteiger partial charge in [0.05, 0.1) is 11.7 Å². The van der Waals surface area contributed by atoms with Crippen LogP contribution in [0.25, 0.3) is 33.4 Å². The quantitative estimate of drug-likeness (QED) is 0.334. The lowest BCUT2D eigenvalue weighted by molar-refractivity contribution is 0.502. The van der Waals surface area contributed by atoms with E-state index < -0.39 is 0 Å². The van der Waals surface area contributed by atoms with E-state index in [4.69, 9.17) is 0 Å². The SMILES string of the molecule is C=C(NC(CCC)CCC)c1cnn2ccc(-c3c[nH]c4nc(C)ccc34)cc12.CC. The van der Waals surface area contributed by atoms with Crippen LogP contribution in [0, 0.1) is 6.92 Å². The van der Waals surface area contributed by atoms with Gasteiger partial charge in [0.1, 0.15) is 5.65 Å². The third kappa shape index (κ3) is 4.82. The molecule has 0 unspecified atom stereocenters. The molecule has 4 rings (SSSR count). The van der Waals surface area contributed by atoms with Crippen LogP contribution in [0.2, 0.25) is 0 Å². The summed E-state index contributed by atoms with van der Waals surface area (Å²) in [7, 11) is 0. The second-order valence-electron chi connectivity index (χ2n) is 7.75. The third-order valence-corrected chi connectivity index (χ3v) is 5.49. The number of aromatic amines is 1. The van der Waals surface area contributed by atoms with E-state index in [1.165, 1.54) is 0 Å². The van der Waals surface area contributed by atoms with Gasteiger partial charge in [-0.3, -0.25) is 0 Å². The third-order valence-electron chi connectivity index (χ3n) is 5.49. The molecule has 0 saturated heterocycles. The van der Waals surface area contributed by atoms with E-state index in [1.807, 2.05) is 43.9 Å². The maximum absolute atomic E-state index is 4.59. The van der Waals surface area contributed by atoms with E-state index in [1.54, 1.807) is 0 Å². The van der Waals surface area contributed by atoms with Crippen LogP contribution in [0.1, 0.15) is 64.6 Å². The number of nitrogens with zero attached hydrogens (tertiary/aromatic N) is 3. The molecule has 5 nitrogen and oxygen atoms in total. The summed E-state index contributed by atoms with van der Waals surface area (Å²) in [6.45, 7) is 14.8. The van der Waals surface area contributed by atoms with Crippen molar-refractivity contribution in [3.8, 4) is 11.1 Å². The minimum Gasteiger partial charge on any atom is -0.382 e. The normalized spacial score (nSPS) is 11.0. The number of nitrogens with one attached hydrogen (secondary N) is 2.